The zero-order valence-electron chi connectivity index (χ0n) is 14.5. The molecule has 0 atom stereocenters. The van der Waals surface area contributed by atoms with Crippen molar-refractivity contribution in [2.75, 3.05) is 29.9 Å². The number of amides is 3. The molecule has 8 heteroatoms. The first-order chi connectivity index (χ1) is 11.9. The molecule has 1 heterocycles. The molecule has 0 spiro atoms. The van der Waals surface area contributed by atoms with E-state index >= 15 is 0 Å². The van der Waals surface area contributed by atoms with Crippen molar-refractivity contribution in [3.63, 3.8) is 0 Å². The Morgan fingerprint density at radius 1 is 1.16 bits per heavy atom. The minimum atomic E-state index is -0.700. The smallest absolute Gasteiger partial charge is 0.319 e. The fraction of sp³-hybridized carbons (Fsp3) is 0.529. The standard InChI is InChI=1S/C17H24F2N4O2/c1-11(2)21-15(24)5-6-20-17(25)22-12-9-13(18)16(14(19)10-12)23-7-3-4-8-23/h9-11H,3-8H2,1-2H3,(H,21,24)(H2,20,22,25). The molecule has 1 aromatic rings. The highest BCUT2D eigenvalue weighted by Crippen LogP contribution is 2.29. The average Bonchev–Trinajstić information content (AvgIpc) is 2.99. The van der Waals surface area contributed by atoms with Gasteiger partial charge in [0.1, 0.15) is 5.69 Å². The van der Waals surface area contributed by atoms with Crippen LogP contribution in [0.15, 0.2) is 12.1 Å². The van der Waals surface area contributed by atoms with E-state index in [1.54, 1.807) is 4.90 Å². The van der Waals surface area contributed by atoms with Crippen LogP contribution < -0.4 is 20.9 Å². The summed E-state index contributed by atoms with van der Waals surface area (Å²) in [6.45, 7) is 5.06. The SMILES string of the molecule is CC(C)NC(=O)CCNC(=O)Nc1cc(F)c(N2CCCC2)c(F)c1. The summed E-state index contributed by atoms with van der Waals surface area (Å²) in [5, 5.41) is 7.55. The molecule has 1 aliphatic heterocycles. The summed E-state index contributed by atoms with van der Waals surface area (Å²) in [5.41, 5.74) is -0.0177. The van der Waals surface area contributed by atoms with Gasteiger partial charge in [-0.1, -0.05) is 0 Å². The van der Waals surface area contributed by atoms with Crippen molar-refractivity contribution >= 4 is 23.3 Å². The van der Waals surface area contributed by atoms with Crippen LogP contribution in [0.2, 0.25) is 0 Å². The maximum Gasteiger partial charge on any atom is 0.319 e. The number of nitrogens with one attached hydrogen (secondary N) is 3. The number of nitrogens with zero attached hydrogens (tertiary/aromatic N) is 1. The lowest BCUT2D eigenvalue weighted by molar-refractivity contribution is -0.121. The van der Waals surface area contributed by atoms with Crippen LogP contribution in [0, 0.1) is 11.6 Å². The molecule has 0 saturated carbocycles. The first-order valence-electron chi connectivity index (χ1n) is 8.45. The second kappa shape index (κ2) is 8.64. The van der Waals surface area contributed by atoms with Gasteiger partial charge in [-0.2, -0.15) is 0 Å². The predicted molar refractivity (Wildman–Crippen MR) is 92.7 cm³/mol. The maximum absolute atomic E-state index is 14.2. The van der Waals surface area contributed by atoms with Gasteiger partial charge < -0.3 is 20.9 Å². The Morgan fingerprint density at radius 2 is 1.76 bits per heavy atom. The number of carbonyl (C=O) groups is 2. The summed E-state index contributed by atoms with van der Waals surface area (Å²) in [5.74, 6) is -1.58. The van der Waals surface area contributed by atoms with Crippen molar-refractivity contribution in [1.29, 1.82) is 0 Å². The molecule has 25 heavy (non-hydrogen) atoms. The van der Waals surface area contributed by atoms with Gasteiger partial charge >= 0.3 is 6.03 Å². The van der Waals surface area contributed by atoms with Crippen molar-refractivity contribution in [3.05, 3.63) is 23.8 Å². The van der Waals surface area contributed by atoms with Gasteiger partial charge in [0.2, 0.25) is 5.91 Å². The summed E-state index contributed by atoms with van der Waals surface area (Å²) >= 11 is 0. The van der Waals surface area contributed by atoms with E-state index in [2.05, 4.69) is 16.0 Å². The summed E-state index contributed by atoms with van der Waals surface area (Å²) in [7, 11) is 0. The van der Waals surface area contributed by atoms with Crippen LogP contribution in [-0.4, -0.2) is 37.6 Å². The Kier molecular flexibility index (Phi) is 6.55. The highest BCUT2D eigenvalue weighted by molar-refractivity contribution is 5.90. The quantitative estimate of drug-likeness (QED) is 0.735. The van der Waals surface area contributed by atoms with Crippen LogP contribution in [0.4, 0.5) is 25.0 Å². The molecule has 1 fully saturated rings. The van der Waals surface area contributed by atoms with Gasteiger partial charge in [-0.05, 0) is 38.8 Å². The van der Waals surface area contributed by atoms with Gasteiger partial charge in [-0.25, -0.2) is 13.6 Å². The van der Waals surface area contributed by atoms with E-state index in [1.165, 1.54) is 0 Å². The molecule has 0 aliphatic carbocycles. The Hall–Kier alpha value is -2.38. The van der Waals surface area contributed by atoms with Crippen LogP contribution in [-0.2, 0) is 4.79 Å². The van der Waals surface area contributed by atoms with E-state index in [4.69, 9.17) is 0 Å². The molecule has 0 unspecified atom stereocenters. The highest BCUT2D eigenvalue weighted by Gasteiger charge is 2.21. The molecular weight excluding hydrogens is 330 g/mol. The first kappa shape index (κ1) is 19.0. The zero-order chi connectivity index (χ0) is 18.4. The Labute approximate surface area is 146 Å². The summed E-state index contributed by atoms with van der Waals surface area (Å²) < 4.78 is 28.4. The molecule has 138 valence electrons. The van der Waals surface area contributed by atoms with E-state index in [9.17, 15) is 18.4 Å². The minimum absolute atomic E-state index is 0.0291. The second-order valence-electron chi connectivity index (χ2n) is 6.34. The number of urea groups is 1. The molecule has 3 N–H and O–H groups in total. The van der Waals surface area contributed by atoms with E-state index in [1.807, 2.05) is 13.8 Å². The Balaban J connectivity index is 1.87. The topological polar surface area (TPSA) is 73.5 Å². The third kappa shape index (κ3) is 5.58. The van der Waals surface area contributed by atoms with Crippen molar-refractivity contribution in [2.24, 2.45) is 0 Å². The molecule has 6 nitrogen and oxygen atoms in total. The van der Waals surface area contributed by atoms with Gasteiger partial charge in [0.25, 0.3) is 0 Å². The number of benzene rings is 1. The summed E-state index contributed by atoms with van der Waals surface area (Å²) in [6, 6.07) is 1.61. The fourth-order valence-electron chi connectivity index (χ4n) is 2.74. The van der Waals surface area contributed by atoms with Crippen molar-refractivity contribution in [1.82, 2.24) is 10.6 Å². The van der Waals surface area contributed by atoms with Gasteiger partial charge in [0, 0.05) is 37.8 Å². The molecule has 1 aromatic carbocycles. The second-order valence-corrected chi connectivity index (χ2v) is 6.34. The number of anilines is 2. The lowest BCUT2D eigenvalue weighted by atomic mass is 10.2. The molecule has 0 bridgehead atoms. The monoisotopic (exact) mass is 354 g/mol. The van der Waals surface area contributed by atoms with Crippen molar-refractivity contribution in [2.45, 2.75) is 39.2 Å². The van der Waals surface area contributed by atoms with Gasteiger partial charge in [-0.3, -0.25) is 4.79 Å². The first-order valence-corrected chi connectivity index (χ1v) is 8.45. The largest absolute Gasteiger partial charge is 0.367 e. The van der Waals surface area contributed by atoms with E-state index in [0.29, 0.717) is 13.1 Å². The van der Waals surface area contributed by atoms with Crippen LogP contribution in [0.1, 0.15) is 33.1 Å². The molecule has 3 amide bonds. The van der Waals surface area contributed by atoms with Crippen molar-refractivity contribution in [3.8, 4) is 0 Å². The lowest BCUT2D eigenvalue weighted by Crippen LogP contribution is -2.35. The van der Waals surface area contributed by atoms with Gasteiger partial charge in [-0.15, -0.1) is 0 Å². The molecular formula is C17H24F2N4O2. The van der Waals surface area contributed by atoms with Crippen LogP contribution in [0.25, 0.3) is 0 Å². The summed E-state index contributed by atoms with van der Waals surface area (Å²) in [6.07, 6.45) is 1.94. The highest BCUT2D eigenvalue weighted by atomic mass is 19.1. The average molecular weight is 354 g/mol. The normalized spacial score (nSPS) is 13.9. The Morgan fingerprint density at radius 3 is 2.32 bits per heavy atom. The zero-order valence-corrected chi connectivity index (χ0v) is 14.5. The van der Waals surface area contributed by atoms with E-state index < -0.39 is 17.7 Å². The van der Waals surface area contributed by atoms with E-state index in [0.717, 1.165) is 25.0 Å². The molecule has 0 aromatic heterocycles. The van der Waals surface area contributed by atoms with Crippen LogP contribution >= 0.6 is 0 Å². The molecule has 0 radical (unpaired) electrons. The fourth-order valence-corrected chi connectivity index (χ4v) is 2.74. The number of carbonyl (C=O) groups excluding carboxylic acids is 2. The van der Waals surface area contributed by atoms with Crippen molar-refractivity contribution < 1.29 is 18.4 Å². The number of hydrogen-bond acceptors (Lipinski definition) is 3. The van der Waals surface area contributed by atoms with Crippen LogP contribution in [0.5, 0.6) is 0 Å². The third-order valence-electron chi connectivity index (χ3n) is 3.78. The van der Waals surface area contributed by atoms with Gasteiger partial charge in [0.15, 0.2) is 11.6 Å². The Bertz CT molecular complexity index is 608. The molecule has 1 aliphatic rings. The maximum atomic E-state index is 14.2. The number of halogens is 2. The molecule has 2 rings (SSSR count). The van der Waals surface area contributed by atoms with E-state index in [-0.39, 0.29) is 36.3 Å². The minimum Gasteiger partial charge on any atom is -0.367 e. The number of rotatable bonds is 6. The predicted octanol–water partition coefficient (Wildman–Crippen LogP) is 2.60. The van der Waals surface area contributed by atoms with Gasteiger partial charge in [0.05, 0.1) is 0 Å². The third-order valence-corrected chi connectivity index (χ3v) is 3.78. The summed E-state index contributed by atoms with van der Waals surface area (Å²) in [4.78, 5) is 24.9. The molecule has 1 saturated heterocycles. The van der Waals surface area contributed by atoms with Crippen LogP contribution in [0.3, 0.4) is 0 Å². The lowest BCUT2D eigenvalue weighted by Gasteiger charge is -2.20. The number of hydrogen-bond donors (Lipinski definition) is 3.